The van der Waals surface area contributed by atoms with Gasteiger partial charge in [0, 0.05) is 21.1 Å². The van der Waals surface area contributed by atoms with Crippen LogP contribution in [0.1, 0.15) is 24.2 Å². The summed E-state index contributed by atoms with van der Waals surface area (Å²) >= 11 is 7.96. The van der Waals surface area contributed by atoms with E-state index in [2.05, 4.69) is 27.9 Å². The molecule has 0 radical (unpaired) electrons. The van der Waals surface area contributed by atoms with Gasteiger partial charge in [-0.15, -0.1) is 11.6 Å². The van der Waals surface area contributed by atoms with Gasteiger partial charge < -0.3 is 5.32 Å². The van der Waals surface area contributed by atoms with Crippen LogP contribution in [0.15, 0.2) is 24.3 Å². The summed E-state index contributed by atoms with van der Waals surface area (Å²) < 4.78 is 1.12. The number of benzene rings is 1. The molecule has 0 aromatic heterocycles. The Kier molecular flexibility index (Phi) is 5.55. The normalized spacial score (nSPS) is 14.2. The molecule has 2 atom stereocenters. The van der Waals surface area contributed by atoms with Gasteiger partial charge in [-0.25, -0.2) is 0 Å². The fourth-order valence-corrected chi connectivity index (χ4v) is 1.79. The lowest BCUT2D eigenvalue weighted by atomic mass is 10.1. The monoisotopic (exact) mass is 351 g/mol. The molecule has 0 spiro atoms. The lowest BCUT2D eigenvalue weighted by Crippen LogP contribution is -2.37. The molecule has 0 fully saturated rings. The third-order valence-corrected chi connectivity index (χ3v) is 3.77. The number of carbonyl (C=O) groups is 1. The highest BCUT2D eigenvalue weighted by atomic mass is 127. The van der Waals surface area contributed by atoms with Crippen molar-refractivity contribution >= 4 is 40.1 Å². The van der Waals surface area contributed by atoms with E-state index in [0.29, 0.717) is 11.4 Å². The Morgan fingerprint density at radius 2 is 1.94 bits per heavy atom. The predicted octanol–water partition coefficient (Wildman–Crippen LogP) is 3.28. The number of amides is 1. The maximum absolute atomic E-state index is 11.8. The van der Waals surface area contributed by atoms with E-state index < -0.39 is 0 Å². The molecule has 0 bridgehead atoms. The van der Waals surface area contributed by atoms with Crippen molar-refractivity contribution < 1.29 is 4.79 Å². The Morgan fingerprint density at radius 3 is 2.44 bits per heavy atom. The second-order valence-electron chi connectivity index (χ2n) is 3.90. The molecule has 0 aliphatic rings. The maximum atomic E-state index is 11.8. The summed E-state index contributed by atoms with van der Waals surface area (Å²) in [6, 6.07) is 7.59. The van der Waals surface area contributed by atoms with Gasteiger partial charge in [0.1, 0.15) is 0 Å². The zero-order valence-electron chi connectivity index (χ0n) is 9.34. The minimum atomic E-state index is -0.0409. The third-order valence-electron chi connectivity index (χ3n) is 2.56. The average molecular weight is 352 g/mol. The smallest absolute Gasteiger partial charge is 0.251 e. The summed E-state index contributed by atoms with van der Waals surface area (Å²) in [5, 5.41) is 2.94. The molecule has 88 valence electrons. The first-order chi connectivity index (χ1) is 7.54. The summed E-state index contributed by atoms with van der Waals surface area (Å²) in [6.07, 6.45) is 0. The molecule has 1 amide bonds. The average Bonchev–Trinajstić information content (AvgIpc) is 2.28. The number of carbonyl (C=O) groups excluding carboxylic acids is 1. The first-order valence-corrected chi connectivity index (χ1v) is 6.78. The number of nitrogens with one attached hydrogen (secondary N) is 1. The van der Waals surface area contributed by atoms with Crippen LogP contribution in [0.4, 0.5) is 0 Å². The molecule has 4 heteroatoms. The second-order valence-corrected chi connectivity index (χ2v) is 5.45. The topological polar surface area (TPSA) is 29.1 Å². The van der Waals surface area contributed by atoms with E-state index in [1.807, 2.05) is 38.1 Å². The fraction of sp³-hybridized carbons (Fsp3) is 0.417. The zero-order chi connectivity index (χ0) is 12.1. The van der Waals surface area contributed by atoms with E-state index in [1.165, 1.54) is 0 Å². The number of alkyl halides is 1. The number of hydrogen-bond donors (Lipinski definition) is 1. The van der Waals surface area contributed by atoms with Crippen LogP contribution >= 0.6 is 34.2 Å². The largest absolute Gasteiger partial charge is 0.349 e. The summed E-state index contributed by atoms with van der Waals surface area (Å²) in [7, 11) is 0. The van der Waals surface area contributed by atoms with Crippen molar-refractivity contribution in [3.05, 3.63) is 33.4 Å². The van der Waals surface area contributed by atoms with Crippen molar-refractivity contribution in [2.45, 2.75) is 19.9 Å². The lowest BCUT2D eigenvalue weighted by Gasteiger charge is -2.19. The molecule has 1 aromatic carbocycles. The molecule has 0 saturated carbocycles. The van der Waals surface area contributed by atoms with Crippen molar-refractivity contribution in [1.29, 1.82) is 0 Å². The molecule has 0 aliphatic heterocycles. The van der Waals surface area contributed by atoms with Crippen molar-refractivity contribution in [2.75, 3.05) is 5.88 Å². The summed E-state index contributed by atoms with van der Waals surface area (Å²) in [4.78, 5) is 11.8. The Labute approximate surface area is 115 Å². The Morgan fingerprint density at radius 1 is 1.38 bits per heavy atom. The molecule has 0 heterocycles. The molecular weight excluding hydrogens is 336 g/mol. The van der Waals surface area contributed by atoms with E-state index in [9.17, 15) is 4.79 Å². The molecule has 2 nitrogen and oxygen atoms in total. The van der Waals surface area contributed by atoms with Gasteiger partial charge in [-0.2, -0.15) is 0 Å². The number of hydrogen-bond acceptors (Lipinski definition) is 1. The van der Waals surface area contributed by atoms with E-state index in [4.69, 9.17) is 11.6 Å². The molecule has 2 unspecified atom stereocenters. The molecule has 16 heavy (non-hydrogen) atoms. The van der Waals surface area contributed by atoms with Crippen molar-refractivity contribution in [2.24, 2.45) is 5.92 Å². The van der Waals surface area contributed by atoms with Crippen molar-refractivity contribution in [1.82, 2.24) is 5.32 Å². The highest BCUT2D eigenvalue weighted by molar-refractivity contribution is 14.1. The molecule has 1 N–H and O–H groups in total. The van der Waals surface area contributed by atoms with Gasteiger partial charge in [-0.1, -0.05) is 6.92 Å². The van der Waals surface area contributed by atoms with E-state index in [0.717, 1.165) is 3.57 Å². The van der Waals surface area contributed by atoms with Crippen LogP contribution in [-0.4, -0.2) is 17.8 Å². The maximum Gasteiger partial charge on any atom is 0.251 e. The van der Waals surface area contributed by atoms with Crippen LogP contribution in [0, 0.1) is 9.49 Å². The lowest BCUT2D eigenvalue weighted by molar-refractivity contribution is 0.0931. The van der Waals surface area contributed by atoms with Crippen LogP contribution in [0.5, 0.6) is 0 Å². The Bertz CT molecular complexity index is 353. The zero-order valence-corrected chi connectivity index (χ0v) is 12.2. The van der Waals surface area contributed by atoms with Crippen molar-refractivity contribution in [3.63, 3.8) is 0 Å². The highest BCUT2D eigenvalue weighted by Crippen LogP contribution is 2.09. The quantitative estimate of drug-likeness (QED) is 0.654. The van der Waals surface area contributed by atoms with Gasteiger partial charge in [0.05, 0.1) is 0 Å². The predicted molar refractivity (Wildman–Crippen MR) is 76.0 cm³/mol. The minimum absolute atomic E-state index is 0.0409. The Hall–Kier alpha value is -0.290. The van der Waals surface area contributed by atoms with Gasteiger partial charge in [0.2, 0.25) is 0 Å². The second kappa shape index (κ2) is 6.45. The number of halogens is 2. The van der Waals surface area contributed by atoms with Gasteiger partial charge in [-0.3, -0.25) is 4.79 Å². The minimum Gasteiger partial charge on any atom is -0.349 e. The molecule has 1 aromatic rings. The molecule has 1 rings (SSSR count). The first-order valence-electron chi connectivity index (χ1n) is 5.17. The van der Waals surface area contributed by atoms with Crippen LogP contribution in [-0.2, 0) is 0 Å². The highest BCUT2D eigenvalue weighted by Gasteiger charge is 2.14. The van der Waals surface area contributed by atoms with Crippen LogP contribution < -0.4 is 5.32 Å². The molecule has 0 saturated heterocycles. The number of rotatable bonds is 4. The van der Waals surface area contributed by atoms with E-state index >= 15 is 0 Å². The summed E-state index contributed by atoms with van der Waals surface area (Å²) in [5.74, 6) is 0.782. The standard InChI is InChI=1S/C12H15ClINO/c1-8(7-13)9(2)15-12(16)10-3-5-11(14)6-4-10/h3-6,8-9H,7H2,1-2H3,(H,15,16). The van der Waals surface area contributed by atoms with Gasteiger partial charge in [0.25, 0.3) is 5.91 Å². The fourth-order valence-electron chi connectivity index (χ4n) is 1.17. The van der Waals surface area contributed by atoms with E-state index in [-0.39, 0.29) is 17.9 Å². The van der Waals surface area contributed by atoms with Gasteiger partial charge in [0.15, 0.2) is 0 Å². The van der Waals surface area contributed by atoms with Gasteiger partial charge in [-0.05, 0) is 59.7 Å². The van der Waals surface area contributed by atoms with Gasteiger partial charge >= 0.3 is 0 Å². The first kappa shape index (κ1) is 13.8. The van der Waals surface area contributed by atoms with E-state index in [1.54, 1.807) is 0 Å². The molecular formula is C12H15ClINO. The molecule has 0 aliphatic carbocycles. The third kappa shape index (κ3) is 3.94. The summed E-state index contributed by atoms with van der Waals surface area (Å²) in [6.45, 7) is 3.99. The SMILES string of the molecule is CC(CCl)C(C)NC(=O)c1ccc(I)cc1. The van der Waals surface area contributed by atoms with Crippen LogP contribution in [0.25, 0.3) is 0 Å². The van der Waals surface area contributed by atoms with Crippen molar-refractivity contribution in [3.8, 4) is 0 Å². The summed E-state index contributed by atoms with van der Waals surface area (Å²) in [5.41, 5.74) is 0.689. The Balaban J connectivity index is 2.62. The van der Waals surface area contributed by atoms with Crippen LogP contribution in [0.2, 0.25) is 0 Å². The van der Waals surface area contributed by atoms with Crippen LogP contribution in [0.3, 0.4) is 0 Å².